The Morgan fingerprint density at radius 2 is 0.719 bits per heavy atom. The van der Waals surface area contributed by atoms with Gasteiger partial charge in [0, 0.05) is 0 Å². The molecule has 0 saturated carbocycles. The van der Waals surface area contributed by atoms with Crippen molar-refractivity contribution in [3.05, 3.63) is 121 Å². The first-order valence-corrected chi connectivity index (χ1v) is 14.8. The van der Waals surface area contributed by atoms with E-state index in [1.807, 2.05) is 0 Å². The molecule has 0 saturated heterocycles. The Hall–Kier alpha value is -1.02. The monoisotopic (exact) mass is 589 g/mol. The van der Waals surface area contributed by atoms with Crippen LogP contribution in [0.4, 0.5) is 0 Å². The molecule has 0 N–H and O–H groups in total. The van der Waals surface area contributed by atoms with Gasteiger partial charge in [0.1, 0.15) is 0 Å². The Labute approximate surface area is 218 Å². The summed E-state index contributed by atoms with van der Waals surface area (Å²) in [5.41, 5.74) is 0.680. The summed E-state index contributed by atoms with van der Waals surface area (Å²) >= 11 is 3.47. The van der Waals surface area contributed by atoms with Crippen LogP contribution >= 0.6 is 14.0 Å². The first kappa shape index (κ1) is 29.0. The van der Waals surface area contributed by atoms with Crippen molar-refractivity contribution in [2.45, 2.75) is 19.5 Å². The first-order chi connectivity index (χ1) is 14.7. The summed E-state index contributed by atoms with van der Waals surface area (Å²) in [7, 11) is -0.210. The number of hydrogen-bond acceptors (Lipinski definition) is 0. The van der Waals surface area contributed by atoms with Crippen LogP contribution in [0.5, 0.6) is 0 Å². The van der Waals surface area contributed by atoms with E-state index in [1.54, 1.807) is 0 Å². The average molecular weight is 591 g/mol. The first-order valence-electron chi connectivity index (χ1n) is 10.1. The molecule has 0 aliphatic heterocycles. The molecular formula is C27H27Cl2P2Pd. The van der Waals surface area contributed by atoms with E-state index in [-0.39, 0.29) is 38.8 Å². The molecule has 0 bridgehead atoms. The number of benzene rings is 4. The predicted octanol–water partition coefficient (Wildman–Crippen LogP) is 0.117. The third-order valence-corrected chi connectivity index (χ3v) is 11.1. The van der Waals surface area contributed by atoms with E-state index < -0.39 is 0 Å². The second-order valence-electron chi connectivity index (χ2n) is 7.06. The fourth-order valence-corrected chi connectivity index (χ4v) is 8.17. The molecule has 0 aliphatic carbocycles. The van der Waals surface area contributed by atoms with Crippen molar-refractivity contribution in [3.8, 4) is 0 Å². The molecule has 0 unspecified atom stereocenters. The second-order valence-corrected chi connectivity index (χ2v) is 13.5. The van der Waals surface area contributed by atoms with Gasteiger partial charge in [-0.1, -0.05) is 74.5 Å². The fraction of sp³-hybridized carbons (Fsp3) is 0.111. The molecule has 0 nitrogen and oxygen atoms in total. The summed E-state index contributed by atoms with van der Waals surface area (Å²) in [6.07, 6.45) is -0.321. The summed E-state index contributed by atoms with van der Waals surface area (Å²) < 4.78 is 0. The third-order valence-electron chi connectivity index (χ3n) is 4.52. The Morgan fingerprint density at radius 3 is 0.969 bits per heavy atom. The van der Waals surface area contributed by atoms with Crippen LogP contribution in [0.2, 0.25) is 0 Å². The fourth-order valence-electron chi connectivity index (χ4n) is 3.17. The Morgan fingerprint density at radius 1 is 0.469 bits per heavy atom. The van der Waals surface area contributed by atoms with Gasteiger partial charge in [0.25, 0.3) is 0 Å². The van der Waals surface area contributed by atoms with Gasteiger partial charge in [0.2, 0.25) is 0 Å². The zero-order valence-electron chi connectivity index (χ0n) is 18.1. The summed E-state index contributed by atoms with van der Waals surface area (Å²) in [5.74, 6) is 0. The standard InChI is InChI=1S/C15H17P.C12H10P.2ClH.Pd/c1-13(2)16(14-9-5-3-6-10-14)15-11-7-4-8-12-15;1-3-7-11(8-4-1)13-12-9-5-2-6-10-12;;;/h3-13H,1-2H3;1-10H;2*1H;/q;-1;;;+3/p-2. The van der Waals surface area contributed by atoms with Gasteiger partial charge in [0.05, 0.1) is 0 Å². The van der Waals surface area contributed by atoms with E-state index >= 15 is 0 Å². The molecule has 32 heavy (non-hydrogen) atoms. The van der Waals surface area contributed by atoms with E-state index in [0.717, 1.165) is 0 Å². The van der Waals surface area contributed by atoms with Crippen LogP contribution < -0.4 is 46.0 Å². The molecule has 0 atom stereocenters. The summed E-state index contributed by atoms with van der Waals surface area (Å²) in [4.78, 5) is 0. The van der Waals surface area contributed by atoms with Gasteiger partial charge >= 0.3 is 96.1 Å². The zero-order chi connectivity index (χ0) is 21.2. The van der Waals surface area contributed by atoms with Crippen molar-refractivity contribution in [1.82, 2.24) is 0 Å². The molecule has 0 heterocycles. The van der Waals surface area contributed by atoms with Crippen LogP contribution in [-0.2, 0) is 18.7 Å². The van der Waals surface area contributed by atoms with Gasteiger partial charge in [-0.15, -0.1) is 0 Å². The maximum atomic E-state index is 3.47. The van der Waals surface area contributed by atoms with E-state index in [9.17, 15) is 0 Å². The Kier molecular flexibility index (Phi) is 14.3. The maximum absolute atomic E-state index is 3.47. The minimum atomic E-state index is -0.321. The summed E-state index contributed by atoms with van der Waals surface area (Å²) in [6, 6.07) is 42.8. The van der Waals surface area contributed by atoms with Crippen LogP contribution in [-0.4, -0.2) is 5.66 Å². The SMILES string of the molecule is CC(C)P(c1ccccc1)c1ccccc1.[Cl-].[Cl-].[Pd+2][P](c1ccccc1)c1ccccc1. The van der Waals surface area contributed by atoms with Crippen LogP contribution in [0, 0.1) is 0 Å². The van der Waals surface area contributed by atoms with Crippen molar-refractivity contribution < 1.29 is 43.5 Å². The Bertz CT molecular complexity index is 906. The minimum absolute atomic E-state index is 0. The zero-order valence-corrected chi connectivity index (χ0v) is 22.9. The molecule has 4 aromatic rings. The number of halogens is 2. The molecule has 0 spiro atoms. The van der Waals surface area contributed by atoms with Crippen LogP contribution in [0.1, 0.15) is 13.8 Å². The van der Waals surface area contributed by atoms with E-state index in [0.29, 0.717) is 5.66 Å². The number of rotatable bonds is 5. The van der Waals surface area contributed by atoms with Gasteiger partial charge in [-0.25, -0.2) is 0 Å². The molecule has 5 heteroatoms. The topological polar surface area (TPSA) is 0 Å². The van der Waals surface area contributed by atoms with Gasteiger partial charge in [-0.3, -0.25) is 0 Å². The molecular weight excluding hydrogens is 564 g/mol. The molecule has 0 fully saturated rings. The van der Waals surface area contributed by atoms with Gasteiger partial charge < -0.3 is 24.8 Å². The van der Waals surface area contributed by atoms with Crippen molar-refractivity contribution in [2.75, 3.05) is 0 Å². The molecule has 169 valence electrons. The molecule has 0 amide bonds. The molecule has 0 aliphatic rings. The van der Waals surface area contributed by atoms with Gasteiger partial charge in [-0.2, -0.15) is 0 Å². The second kappa shape index (κ2) is 15.8. The number of hydrogen-bond donors (Lipinski definition) is 0. The van der Waals surface area contributed by atoms with Crippen LogP contribution in [0.15, 0.2) is 121 Å². The van der Waals surface area contributed by atoms with Crippen LogP contribution in [0.3, 0.4) is 0 Å². The van der Waals surface area contributed by atoms with Crippen molar-refractivity contribution >= 4 is 35.3 Å². The van der Waals surface area contributed by atoms with Gasteiger partial charge in [0.15, 0.2) is 0 Å². The average Bonchev–Trinajstić information content (AvgIpc) is 2.81. The molecule has 4 aromatic carbocycles. The molecule has 0 radical (unpaired) electrons. The Balaban J connectivity index is 0.000000303. The normalized spacial score (nSPS) is 10.1. The summed E-state index contributed by atoms with van der Waals surface area (Å²) in [6.45, 7) is 4.62. The van der Waals surface area contributed by atoms with Crippen molar-refractivity contribution in [3.63, 3.8) is 0 Å². The molecule has 0 aromatic heterocycles. The van der Waals surface area contributed by atoms with E-state index in [1.165, 1.54) is 21.2 Å². The van der Waals surface area contributed by atoms with E-state index in [4.69, 9.17) is 0 Å². The molecule has 4 rings (SSSR count). The third kappa shape index (κ3) is 8.73. The van der Waals surface area contributed by atoms with Gasteiger partial charge in [-0.05, 0) is 24.2 Å². The van der Waals surface area contributed by atoms with Crippen molar-refractivity contribution in [1.29, 1.82) is 0 Å². The van der Waals surface area contributed by atoms with E-state index in [2.05, 4.69) is 154 Å². The van der Waals surface area contributed by atoms with Crippen LogP contribution in [0.25, 0.3) is 0 Å². The quantitative estimate of drug-likeness (QED) is 0.229. The van der Waals surface area contributed by atoms with Crippen molar-refractivity contribution in [2.24, 2.45) is 0 Å². The summed E-state index contributed by atoms with van der Waals surface area (Å²) in [5, 5.41) is 5.69. The predicted molar refractivity (Wildman–Crippen MR) is 133 cm³/mol.